The van der Waals surface area contributed by atoms with Crippen LogP contribution in [0.4, 0.5) is 13.2 Å². The lowest BCUT2D eigenvalue weighted by molar-refractivity contribution is -0.141. The van der Waals surface area contributed by atoms with Gasteiger partial charge in [-0.25, -0.2) is 13.1 Å². The molecule has 0 fully saturated rings. The number of nitrogens with zero attached hydrogens (tertiary/aromatic N) is 4. The van der Waals surface area contributed by atoms with Crippen molar-refractivity contribution in [3.63, 3.8) is 0 Å². The number of rotatable bonds is 5. The highest BCUT2D eigenvalue weighted by Crippen LogP contribution is 2.28. The molecule has 2 aromatic rings. The normalized spacial score (nSPS) is 12.6. The van der Waals surface area contributed by atoms with Crippen molar-refractivity contribution in [1.82, 2.24) is 20.0 Å². The van der Waals surface area contributed by atoms with Gasteiger partial charge in [-0.1, -0.05) is 5.21 Å². The minimum Gasteiger partial charge on any atom is -0.252 e. The van der Waals surface area contributed by atoms with Crippen LogP contribution in [0.3, 0.4) is 0 Å². The monoisotopic (exact) mass is 348 g/mol. The van der Waals surface area contributed by atoms with Crippen LogP contribution in [0.2, 0.25) is 0 Å². The number of halogens is 3. The van der Waals surface area contributed by atoms with Crippen LogP contribution in [-0.2, 0) is 34.1 Å². The Labute approximate surface area is 131 Å². The topological polar surface area (TPSA) is 77.7 Å². The molecular weight excluding hydrogens is 333 g/mol. The van der Waals surface area contributed by atoms with Gasteiger partial charge in [0, 0.05) is 12.7 Å². The van der Waals surface area contributed by atoms with Crippen molar-refractivity contribution in [2.24, 2.45) is 0 Å². The molecule has 2 aromatic heterocycles. The van der Waals surface area contributed by atoms with Gasteiger partial charge in [-0.2, -0.15) is 13.2 Å². The molecule has 0 aromatic carbocycles. The predicted molar refractivity (Wildman–Crippen MR) is 76.0 cm³/mol. The van der Waals surface area contributed by atoms with Gasteiger partial charge in [0.2, 0.25) is 0 Å². The van der Waals surface area contributed by atoms with Gasteiger partial charge in [-0.3, -0.25) is 4.98 Å². The summed E-state index contributed by atoms with van der Waals surface area (Å²) in [4.78, 5) is 3.21. The second-order valence-corrected chi connectivity index (χ2v) is 7.08. The molecule has 0 radical (unpaired) electrons. The van der Waals surface area contributed by atoms with Gasteiger partial charge < -0.3 is 0 Å². The van der Waals surface area contributed by atoms with E-state index in [0.717, 1.165) is 12.3 Å². The Morgan fingerprint density at radius 3 is 2.57 bits per heavy atom. The molecule has 0 saturated carbocycles. The first kappa shape index (κ1) is 17.4. The number of hydrogen-bond acceptors (Lipinski definition) is 5. The summed E-state index contributed by atoms with van der Waals surface area (Å²) in [5.41, 5.74) is -0.138. The molecular formula is C13H15F3N4O2S. The Hall–Kier alpha value is -1.97. The smallest absolute Gasteiger partial charge is 0.252 e. The van der Waals surface area contributed by atoms with Crippen molar-refractivity contribution in [2.45, 2.75) is 38.1 Å². The lowest BCUT2D eigenvalue weighted by atomic mass is 10.2. The van der Waals surface area contributed by atoms with Gasteiger partial charge in [0.05, 0.1) is 22.9 Å². The van der Waals surface area contributed by atoms with Crippen LogP contribution in [0.1, 0.15) is 29.6 Å². The lowest BCUT2D eigenvalue weighted by Gasteiger charge is -2.09. The molecule has 0 unspecified atom stereocenters. The molecule has 10 heteroatoms. The molecule has 2 rings (SSSR count). The molecule has 0 amide bonds. The molecule has 23 heavy (non-hydrogen) atoms. The van der Waals surface area contributed by atoms with E-state index in [2.05, 4.69) is 15.3 Å². The second kappa shape index (κ2) is 6.26. The first-order valence-corrected chi connectivity index (χ1v) is 8.56. The number of aromatic nitrogens is 4. The van der Waals surface area contributed by atoms with E-state index in [1.54, 1.807) is 13.8 Å². The lowest BCUT2D eigenvalue weighted by Crippen LogP contribution is -2.14. The Kier molecular flexibility index (Phi) is 4.73. The van der Waals surface area contributed by atoms with Crippen molar-refractivity contribution >= 4 is 9.84 Å². The van der Waals surface area contributed by atoms with Crippen LogP contribution < -0.4 is 0 Å². The zero-order chi connectivity index (χ0) is 17.3. The second-order valence-electron chi connectivity index (χ2n) is 5.02. The summed E-state index contributed by atoms with van der Waals surface area (Å²) in [6.45, 7) is 3.89. The van der Waals surface area contributed by atoms with Crippen LogP contribution in [0.5, 0.6) is 0 Å². The molecule has 0 aliphatic heterocycles. The molecule has 0 N–H and O–H groups in total. The van der Waals surface area contributed by atoms with E-state index >= 15 is 0 Å². The van der Waals surface area contributed by atoms with Gasteiger partial charge in [0.1, 0.15) is 5.69 Å². The summed E-state index contributed by atoms with van der Waals surface area (Å²) in [5.74, 6) is -0.837. The van der Waals surface area contributed by atoms with Gasteiger partial charge in [0.25, 0.3) is 0 Å². The Morgan fingerprint density at radius 1 is 1.26 bits per heavy atom. The number of aryl methyl sites for hydroxylation is 2. The molecule has 0 aliphatic carbocycles. The number of pyridine rings is 1. The largest absolute Gasteiger partial charge is 0.433 e. The predicted octanol–water partition coefficient (Wildman–Crippen LogP) is 2.14. The third-order valence-electron chi connectivity index (χ3n) is 3.19. The molecule has 126 valence electrons. The molecule has 0 atom stereocenters. The van der Waals surface area contributed by atoms with Gasteiger partial charge in [-0.15, -0.1) is 5.10 Å². The SMILES string of the molecule is CCn1nnc(C)c1CS(=O)(=O)Cc1ccnc(C(F)(F)F)c1. The summed E-state index contributed by atoms with van der Waals surface area (Å²) in [5, 5.41) is 7.63. The summed E-state index contributed by atoms with van der Waals surface area (Å²) >= 11 is 0. The molecule has 2 heterocycles. The molecule has 0 spiro atoms. The minimum atomic E-state index is -4.61. The fourth-order valence-corrected chi connectivity index (χ4v) is 3.65. The molecule has 0 bridgehead atoms. The van der Waals surface area contributed by atoms with E-state index in [1.165, 1.54) is 10.7 Å². The Balaban J connectivity index is 2.23. The zero-order valence-corrected chi connectivity index (χ0v) is 13.3. The third kappa shape index (κ3) is 4.27. The zero-order valence-electron chi connectivity index (χ0n) is 12.5. The maximum Gasteiger partial charge on any atom is 0.433 e. The average molecular weight is 348 g/mol. The van der Waals surface area contributed by atoms with Crippen LogP contribution >= 0.6 is 0 Å². The van der Waals surface area contributed by atoms with E-state index in [4.69, 9.17) is 0 Å². The number of hydrogen-bond donors (Lipinski definition) is 0. The van der Waals surface area contributed by atoms with Gasteiger partial charge >= 0.3 is 6.18 Å². The molecule has 0 aliphatic rings. The first-order chi connectivity index (χ1) is 10.6. The Bertz CT molecular complexity index is 800. The van der Waals surface area contributed by atoms with Crippen LogP contribution in [-0.4, -0.2) is 28.4 Å². The van der Waals surface area contributed by atoms with Crippen LogP contribution in [0.15, 0.2) is 18.3 Å². The maximum atomic E-state index is 12.6. The standard InChI is InChI=1S/C13H15F3N4O2S/c1-3-20-11(9(2)18-19-20)8-23(21,22)7-10-4-5-17-12(6-10)13(14,15)16/h4-6H,3,7-8H2,1-2H3. The van der Waals surface area contributed by atoms with E-state index in [1.807, 2.05) is 0 Å². The van der Waals surface area contributed by atoms with Crippen molar-refractivity contribution in [3.05, 3.63) is 41.0 Å². The first-order valence-electron chi connectivity index (χ1n) is 6.74. The fraction of sp³-hybridized carbons (Fsp3) is 0.462. The summed E-state index contributed by atoms with van der Waals surface area (Å²) < 4.78 is 63.9. The highest BCUT2D eigenvalue weighted by atomic mass is 32.2. The van der Waals surface area contributed by atoms with Crippen LogP contribution in [0.25, 0.3) is 0 Å². The highest BCUT2D eigenvalue weighted by molar-refractivity contribution is 7.89. The average Bonchev–Trinajstić information content (AvgIpc) is 2.78. The van der Waals surface area contributed by atoms with Gasteiger partial charge in [-0.05, 0) is 31.5 Å². The maximum absolute atomic E-state index is 12.6. The highest BCUT2D eigenvalue weighted by Gasteiger charge is 2.32. The van der Waals surface area contributed by atoms with E-state index in [9.17, 15) is 21.6 Å². The van der Waals surface area contributed by atoms with Crippen molar-refractivity contribution in [1.29, 1.82) is 0 Å². The Morgan fingerprint density at radius 2 is 1.96 bits per heavy atom. The van der Waals surface area contributed by atoms with Crippen molar-refractivity contribution < 1.29 is 21.6 Å². The van der Waals surface area contributed by atoms with Crippen molar-refractivity contribution in [3.8, 4) is 0 Å². The number of alkyl halides is 3. The fourth-order valence-electron chi connectivity index (χ4n) is 2.08. The summed E-state index contributed by atoms with van der Waals surface area (Å²) in [6.07, 6.45) is -3.65. The van der Waals surface area contributed by atoms with Gasteiger partial charge in [0.15, 0.2) is 9.84 Å². The van der Waals surface area contributed by atoms with E-state index in [0.29, 0.717) is 17.9 Å². The van der Waals surface area contributed by atoms with Crippen molar-refractivity contribution in [2.75, 3.05) is 0 Å². The molecule has 0 saturated heterocycles. The molecule has 6 nitrogen and oxygen atoms in total. The minimum absolute atomic E-state index is 0.0421. The summed E-state index contributed by atoms with van der Waals surface area (Å²) in [7, 11) is -3.67. The quantitative estimate of drug-likeness (QED) is 0.827. The van der Waals surface area contributed by atoms with E-state index < -0.39 is 27.5 Å². The van der Waals surface area contributed by atoms with Crippen LogP contribution in [0, 0.1) is 6.92 Å². The van der Waals surface area contributed by atoms with E-state index in [-0.39, 0.29) is 11.3 Å². The third-order valence-corrected chi connectivity index (χ3v) is 4.68. The number of sulfone groups is 1. The summed E-state index contributed by atoms with van der Waals surface area (Å²) in [6, 6.07) is 2.01.